The normalized spacial score (nSPS) is 28.4. The topological polar surface area (TPSA) is 413 Å². The molecule has 15 unspecified atom stereocenters. The Morgan fingerprint density at radius 2 is 1.26 bits per heavy atom. The number of nitrogens with one attached hydrogen (secondary N) is 6. The van der Waals surface area contributed by atoms with Crippen LogP contribution >= 0.6 is 0 Å². The van der Waals surface area contributed by atoms with Gasteiger partial charge >= 0.3 is 11.9 Å². The molecule has 2 aliphatic rings. The zero-order valence-electron chi connectivity index (χ0n) is 34.9. The lowest BCUT2D eigenvalue weighted by molar-refractivity contribution is -0.333. The molecule has 6 amide bonds. The summed E-state index contributed by atoms with van der Waals surface area (Å²) >= 11 is 0. The first-order chi connectivity index (χ1) is 29.1. The van der Waals surface area contributed by atoms with Gasteiger partial charge in [0.25, 0.3) is 0 Å². The van der Waals surface area contributed by atoms with E-state index in [4.69, 9.17) is 29.8 Å². The SMILES string of the molecule is CC(=O)NC1C(OC2C(CO)OC(O)C(NC(C)=O)C2OC(C)C(=O)NC(C)C(=O)NC(CCC(=O)NC(CCCCN)C(=O)NC(C)C(=O)O)C(=O)O)OC(CO)C(O)C1O. The lowest BCUT2D eigenvalue weighted by Crippen LogP contribution is -2.70. The number of carbonyl (C=O) groups excluding carboxylic acids is 6. The maximum absolute atomic E-state index is 13.4. The number of hydrogen-bond donors (Lipinski definition) is 14. The minimum Gasteiger partial charge on any atom is -0.480 e. The molecule has 0 aliphatic carbocycles. The van der Waals surface area contributed by atoms with E-state index in [1.165, 1.54) is 20.8 Å². The molecule has 354 valence electrons. The van der Waals surface area contributed by atoms with Crippen LogP contribution in [0.25, 0.3) is 0 Å². The minimum absolute atomic E-state index is 0.104. The van der Waals surface area contributed by atoms with Crippen molar-refractivity contribution in [2.75, 3.05) is 19.8 Å². The number of carboxylic acids is 2. The summed E-state index contributed by atoms with van der Waals surface area (Å²) in [6.07, 6.45) is -14.7. The van der Waals surface area contributed by atoms with Crippen molar-refractivity contribution in [2.45, 2.75) is 158 Å². The minimum atomic E-state index is -1.88. The van der Waals surface area contributed by atoms with Crippen LogP contribution in [0.15, 0.2) is 0 Å². The third kappa shape index (κ3) is 15.9. The van der Waals surface area contributed by atoms with Crippen LogP contribution in [0.4, 0.5) is 0 Å². The number of amides is 6. The van der Waals surface area contributed by atoms with E-state index in [-0.39, 0.29) is 6.42 Å². The van der Waals surface area contributed by atoms with E-state index < -0.39 is 165 Å². The van der Waals surface area contributed by atoms with Crippen molar-refractivity contribution >= 4 is 47.4 Å². The molecule has 2 heterocycles. The van der Waals surface area contributed by atoms with Crippen molar-refractivity contribution in [3.05, 3.63) is 0 Å². The molecule has 0 radical (unpaired) electrons. The fourth-order valence-corrected chi connectivity index (χ4v) is 6.45. The summed E-state index contributed by atoms with van der Waals surface area (Å²) in [6.45, 7) is 4.39. The maximum Gasteiger partial charge on any atom is 0.326 e. The van der Waals surface area contributed by atoms with E-state index in [1.807, 2.05) is 0 Å². The molecule has 2 rings (SSSR count). The molecular formula is C36H61N7O19. The highest BCUT2D eigenvalue weighted by molar-refractivity contribution is 5.92. The van der Waals surface area contributed by atoms with Crippen LogP contribution in [0.5, 0.6) is 0 Å². The number of aliphatic carboxylic acids is 2. The third-order valence-corrected chi connectivity index (χ3v) is 9.84. The Morgan fingerprint density at radius 3 is 1.81 bits per heavy atom. The number of aliphatic hydroxyl groups excluding tert-OH is 5. The smallest absolute Gasteiger partial charge is 0.326 e. The maximum atomic E-state index is 13.4. The second-order valence-corrected chi connectivity index (χ2v) is 14.9. The second-order valence-electron chi connectivity index (χ2n) is 14.9. The fourth-order valence-electron chi connectivity index (χ4n) is 6.45. The molecule has 0 bridgehead atoms. The van der Waals surface area contributed by atoms with Gasteiger partial charge in [0.15, 0.2) is 12.6 Å². The fraction of sp³-hybridized carbons (Fsp3) is 0.778. The molecule has 2 saturated heterocycles. The molecular weight excluding hydrogens is 834 g/mol. The molecule has 15 N–H and O–H groups in total. The number of carboxylic acid groups (broad SMARTS) is 2. The van der Waals surface area contributed by atoms with Crippen molar-refractivity contribution in [1.82, 2.24) is 31.9 Å². The molecule has 2 fully saturated rings. The molecule has 0 aromatic heterocycles. The molecule has 0 aromatic carbocycles. The standard InChI is InChI=1S/C36H61N7O19/c1-14(30(51)43-20(34(56)57)9-10-23(48)42-19(8-6-7-11-37)32(53)39-15(2)33(54)55)38-31(52)16(3)59-29-25(41-18(5)47)35(58)60-22(13-45)28(29)62-36-24(40-17(4)46)27(50)26(49)21(12-44)61-36/h14-16,19-22,24-29,35-36,44-45,49-50,58H,6-13,37H2,1-5H3,(H,38,52)(H,39,53)(H,40,46)(H,41,47)(H,42,48)(H,43,51)(H,54,55)(H,56,57). The summed E-state index contributed by atoms with van der Waals surface area (Å²) in [5.74, 6) is -7.85. The Balaban J connectivity index is 2.21. The number of unbranched alkanes of at least 4 members (excludes halogenated alkanes) is 1. The Morgan fingerprint density at radius 1 is 0.661 bits per heavy atom. The predicted molar refractivity (Wildman–Crippen MR) is 207 cm³/mol. The summed E-state index contributed by atoms with van der Waals surface area (Å²) < 4.78 is 23.1. The third-order valence-electron chi connectivity index (χ3n) is 9.84. The van der Waals surface area contributed by atoms with Gasteiger partial charge < -0.3 is 92.3 Å². The van der Waals surface area contributed by atoms with Gasteiger partial charge in [-0.2, -0.15) is 0 Å². The number of rotatable bonds is 24. The van der Waals surface area contributed by atoms with Crippen LogP contribution in [-0.4, -0.2) is 194 Å². The Hall–Kier alpha value is -4.64. The number of nitrogens with two attached hydrogens (primary N) is 1. The summed E-state index contributed by atoms with van der Waals surface area (Å²) in [5.41, 5.74) is 5.50. The van der Waals surface area contributed by atoms with Gasteiger partial charge in [-0.1, -0.05) is 0 Å². The lowest BCUT2D eigenvalue weighted by atomic mass is 9.94. The van der Waals surface area contributed by atoms with Crippen molar-refractivity contribution in [2.24, 2.45) is 5.73 Å². The van der Waals surface area contributed by atoms with Crippen LogP contribution in [0.2, 0.25) is 0 Å². The molecule has 0 aromatic rings. The van der Waals surface area contributed by atoms with Gasteiger partial charge in [-0.05, 0) is 53.0 Å². The van der Waals surface area contributed by atoms with Crippen LogP contribution in [0.1, 0.15) is 66.7 Å². The summed E-state index contributed by atoms with van der Waals surface area (Å²) in [6, 6.07) is -8.56. The van der Waals surface area contributed by atoms with E-state index in [0.717, 1.165) is 13.8 Å². The predicted octanol–water partition coefficient (Wildman–Crippen LogP) is -6.64. The zero-order valence-corrected chi connectivity index (χ0v) is 34.9. The molecule has 0 saturated carbocycles. The van der Waals surface area contributed by atoms with E-state index >= 15 is 0 Å². The van der Waals surface area contributed by atoms with Gasteiger partial charge in [-0.15, -0.1) is 0 Å². The van der Waals surface area contributed by atoms with Crippen LogP contribution in [0, 0.1) is 0 Å². The van der Waals surface area contributed by atoms with Gasteiger partial charge in [-0.3, -0.25) is 33.6 Å². The lowest BCUT2D eigenvalue weighted by Gasteiger charge is -2.48. The number of hydrogen-bond acceptors (Lipinski definition) is 18. The summed E-state index contributed by atoms with van der Waals surface area (Å²) in [5, 5.41) is 85.0. The van der Waals surface area contributed by atoms with Gasteiger partial charge in [-0.25, -0.2) is 4.79 Å². The highest BCUT2D eigenvalue weighted by atomic mass is 16.7. The Bertz CT molecular complexity index is 1560. The highest BCUT2D eigenvalue weighted by Crippen LogP contribution is 2.31. The second kappa shape index (κ2) is 25.5. The average Bonchev–Trinajstić information content (AvgIpc) is 3.19. The van der Waals surface area contributed by atoms with Gasteiger partial charge in [0.2, 0.25) is 35.4 Å². The zero-order chi connectivity index (χ0) is 47.0. The van der Waals surface area contributed by atoms with Crippen molar-refractivity contribution in [3.8, 4) is 0 Å². The summed E-state index contributed by atoms with van der Waals surface area (Å²) in [4.78, 5) is 99.5. The van der Waals surface area contributed by atoms with Crippen molar-refractivity contribution in [3.63, 3.8) is 0 Å². The Labute approximate surface area is 355 Å². The highest BCUT2D eigenvalue weighted by Gasteiger charge is 2.53. The van der Waals surface area contributed by atoms with Crippen LogP contribution < -0.4 is 37.6 Å². The first-order valence-corrected chi connectivity index (χ1v) is 19.8. The summed E-state index contributed by atoms with van der Waals surface area (Å²) in [7, 11) is 0. The van der Waals surface area contributed by atoms with E-state index in [1.54, 1.807) is 0 Å². The first-order valence-electron chi connectivity index (χ1n) is 19.8. The van der Waals surface area contributed by atoms with Gasteiger partial charge in [0, 0.05) is 20.3 Å². The Kier molecular flexibility index (Phi) is 22.0. The van der Waals surface area contributed by atoms with Gasteiger partial charge in [0.1, 0.15) is 79.0 Å². The average molecular weight is 896 g/mol. The van der Waals surface area contributed by atoms with Crippen LogP contribution in [-0.2, 0) is 57.3 Å². The van der Waals surface area contributed by atoms with Crippen molar-refractivity contribution < 1.29 is 93.0 Å². The quantitative estimate of drug-likeness (QED) is 0.0401. The molecule has 0 spiro atoms. The number of carbonyl (C=O) groups is 8. The molecule has 62 heavy (non-hydrogen) atoms. The van der Waals surface area contributed by atoms with E-state index in [9.17, 15) is 69.0 Å². The van der Waals surface area contributed by atoms with E-state index in [2.05, 4.69) is 31.9 Å². The molecule has 26 nitrogen and oxygen atoms in total. The largest absolute Gasteiger partial charge is 0.480 e. The van der Waals surface area contributed by atoms with E-state index in [0.29, 0.717) is 19.4 Å². The van der Waals surface area contributed by atoms with Crippen molar-refractivity contribution in [1.29, 1.82) is 0 Å². The molecule has 26 heteroatoms. The number of ether oxygens (including phenoxy) is 4. The molecule has 2 aliphatic heterocycles. The van der Waals surface area contributed by atoms with Gasteiger partial charge in [0.05, 0.1) is 13.2 Å². The monoisotopic (exact) mass is 895 g/mol. The first kappa shape index (κ1) is 53.5. The van der Waals surface area contributed by atoms with Crippen LogP contribution in [0.3, 0.4) is 0 Å². The molecule has 15 atom stereocenters. The number of aliphatic hydroxyl groups is 5.